The van der Waals surface area contributed by atoms with Crippen molar-refractivity contribution in [3.8, 4) is 0 Å². The van der Waals surface area contributed by atoms with Gasteiger partial charge in [-0.15, -0.1) is 0 Å². The van der Waals surface area contributed by atoms with Gasteiger partial charge < -0.3 is 10.1 Å². The lowest BCUT2D eigenvalue weighted by atomic mass is 9.83. The molecule has 100 valence electrons. The molecule has 0 saturated heterocycles. The van der Waals surface area contributed by atoms with Crippen LogP contribution in [-0.4, -0.2) is 24.8 Å². The standard InChI is InChI=1S/C15H29NO/c1-2-16-13-15(11-7-4-8-12-15)17-14-9-5-3-6-10-14/h14,16H,2-13H2,1H3. The van der Waals surface area contributed by atoms with Gasteiger partial charge in [0.2, 0.25) is 0 Å². The van der Waals surface area contributed by atoms with Crippen LogP contribution in [0.15, 0.2) is 0 Å². The van der Waals surface area contributed by atoms with Gasteiger partial charge in [0.25, 0.3) is 0 Å². The van der Waals surface area contributed by atoms with Crippen LogP contribution in [0.4, 0.5) is 0 Å². The Morgan fingerprint density at radius 2 is 1.65 bits per heavy atom. The summed E-state index contributed by atoms with van der Waals surface area (Å²) in [6.45, 7) is 4.33. The molecule has 2 aliphatic rings. The molecule has 2 saturated carbocycles. The third-order valence-corrected chi connectivity index (χ3v) is 4.43. The summed E-state index contributed by atoms with van der Waals surface area (Å²) in [5.74, 6) is 0. The Morgan fingerprint density at radius 1 is 1.00 bits per heavy atom. The van der Waals surface area contributed by atoms with Crippen LogP contribution in [0, 0.1) is 0 Å². The van der Waals surface area contributed by atoms with Crippen LogP contribution in [0.25, 0.3) is 0 Å². The van der Waals surface area contributed by atoms with Crippen molar-refractivity contribution in [1.82, 2.24) is 5.32 Å². The van der Waals surface area contributed by atoms with Crippen molar-refractivity contribution in [3.63, 3.8) is 0 Å². The molecule has 2 nitrogen and oxygen atoms in total. The highest BCUT2D eigenvalue weighted by Crippen LogP contribution is 2.35. The van der Waals surface area contributed by atoms with Gasteiger partial charge in [-0.05, 0) is 32.2 Å². The van der Waals surface area contributed by atoms with E-state index in [2.05, 4.69) is 12.2 Å². The van der Waals surface area contributed by atoms with Crippen LogP contribution in [0.1, 0.15) is 71.1 Å². The van der Waals surface area contributed by atoms with Gasteiger partial charge in [0.1, 0.15) is 0 Å². The molecule has 2 fully saturated rings. The highest BCUT2D eigenvalue weighted by molar-refractivity contribution is 4.88. The van der Waals surface area contributed by atoms with E-state index in [-0.39, 0.29) is 5.60 Å². The van der Waals surface area contributed by atoms with Crippen LogP contribution in [0.3, 0.4) is 0 Å². The number of ether oxygens (including phenoxy) is 1. The van der Waals surface area contributed by atoms with E-state index in [4.69, 9.17) is 4.74 Å². The fourth-order valence-electron chi connectivity index (χ4n) is 3.42. The molecule has 2 heteroatoms. The lowest BCUT2D eigenvalue weighted by molar-refractivity contribution is -0.121. The molecular weight excluding hydrogens is 210 g/mol. The van der Waals surface area contributed by atoms with Crippen molar-refractivity contribution in [2.45, 2.75) is 82.8 Å². The molecule has 0 atom stereocenters. The maximum atomic E-state index is 6.56. The van der Waals surface area contributed by atoms with Gasteiger partial charge in [0.15, 0.2) is 0 Å². The molecule has 0 amide bonds. The zero-order chi connectivity index (χ0) is 12.0. The molecule has 0 radical (unpaired) electrons. The molecule has 0 unspecified atom stereocenters. The number of rotatable bonds is 5. The summed E-state index contributed by atoms with van der Waals surface area (Å²) in [6.07, 6.45) is 14.0. The predicted octanol–water partition coefficient (Wildman–Crippen LogP) is 3.65. The first-order valence-corrected chi connectivity index (χ1v) is 7.73. The third-order valence-electron chi connectivity index (χ3n) is 4.43. The van der Waals surface area contributed by atoms with E-state index in [0.717, 1.165) is 13.1 Å². The highest BCUT2D eigenvalue weighted by Gasteiger charge is 2.35. The van der Waals surface area contributed by atoms with Crippen LogP contribution in [0.5, 0.6) is 0 Å². The van der Waals surface area contributed by atoms with E-state index in [1.807, 2.05) is 0 Å². The Hall–Kier alpha value is -0.0800. The van der Waals surface area contributed by atoms with Crippen LogP contribution < -0.4 is 5.32 Å². The van der Waals surface area contributed by atoms with Gasteiger partial charge in [-0.1, -0.05) is 45.4 Å². The van der Waals surface area contributed by atoms with Gasteiger partial charge in [0, 0.05) is 6.54 Å². The van der Waals surface area contributed by atoms with Gasteiger partial charge in [-0.2, -0.15) is 0 Å². The van der Waals surface area contributed by atoms with Crippen molar-refractivity contribution in [2.24, 2.45) is 0 Å². The van der Waals surface area contributed by atoms with Gasteiger partial charge >= 0.3 is 0 Å². The van der Waals surface area contributed by atoms with E-state index in [0.29, 0.717) is 6.10 Å². The van der Waals surface area contributed by atoms with Gasteiger partial charge in [0.05, 0.1) is 11.7 Å². The molecule has 0 spiro atoms. The fourth-order valence-corrected chi connectivity index (χ4v) is 3.42. The largest absolute Gasteiger partial charge is 0.370 e. The topological polar surface area (TPSA) is 21.3 Å². The maximum absolute atomic E-state index is 6.56. The molecule has 0 aromatic carbocycles. The second-order valence-corrected chi connectivity index (χ2v) is 5.90. The second-order valence-electron chi connectivity index (χ2n) is 5.90. The smallest absolute Gasteiger partial charge is 0.0810 e. The predicted molar refractivity (Wildman–Crippen MR) is 72.3 cm³/mol. The molecule has 0 heterocycles. The first-order valence-electron chi connectivity index (χ1n) is 7.73. The van der Waals surface area contributed by atoms with Crippen LogP contribution >= 0.6 is 0 Å². The summed E-state index contributed by atoms with van der Waals surface area (Å²) in [6, 6.07) is 0. The second kappa shape index (κ2) is 6.75. The van der Waals surface area contributed by atoms with Gasteiger partial charge in [-0.25, -0.2) is 0 Å². The summed E-state index contributed by atoms with van der Waals surface area (Å²) in [5.41, 5.74) is 0.177. The van der Waals surface area contributed by atoms with E-state index in [9.17, 15) is 0 Å². The molecule has 17 heavy (non-hydrogen) atoms. The third kappa shape index (κ3) is 3.96. The van der Waals surface area contributed by atoms with Crippen LogP contribution in [-0.2, 0) is 4.74 Å². The molecule has 2 aliphatic carbocycles. The minimum Gasteiger partial charge on any atom is -0.370 e. The SMILES string of the molecule is CCNCC1(OC2CCCCC2)CCCCC1. The first kappa shape index (κ1) is 13.4. The summed E-state index contributed by atoms with van der Waals surface area (Å²) >= 11 is 0. The number of hydrogen-bond donors (Lipinski definition) is 1. The number of hydrogen-bond acceptors (Lipinski definition) is 2. The molecular formula is C15H29NO. The van der Waals surface area contributed by atoms with E-state index in [1.54, 1.807) is 0 Å². The fraction of sp³-hybridized carbons (Fsp3) is 1.00. The summed E-state index contributed by atoms with van der Waals surface area (Å²) in [7, 11) is 0. The molecule has 2 rings (SSSR count). The Labute approximate surface area is 107 Å². The zero-order valence-electron chi connectivity index (χ0n) is 11.5. The molecule has 0 aliphatic heterocycles. The monoisotopic (exact) mass is 239 g/mol. The maximum Gasteiger partial charge on any atom is 0.0810 e. The quantitative estimate of drug-likeness (QED) is 0.790. The normalized spacial score (nSPS) is 25.9. The van der Waals surface area contributed by atoms with Crippen molar-refractivity contribution >= 4 is 0 Å². The first-order chi connectivity index (χ1) is 8.35. The molecule has 1 N–H and O–H groups in total. The zero-order valence-corrected chi connectivity index (χ0v) is 11.5. The highest BCUT2D eigenvalue weighted by atomic mass is 16.5. The lowest BCUT2D eigenvalue weighted by Gasteiger charge is -2.41. The summed E-state index contributed by atoms with van der Waals surface area (Å²) < 4.78 is 6.56. The Bertz CT molecular complexity index is 205. The Kier molecular flexibility index (Phi) is 5.30. The molecule has 0 aromatic heterocycles. The molecule has 0 bridgehead atoms. The van der Waals surface area contributed by atoms with Crippen LogP contribution in [0.2, 0.25) is 0 Å². The Balaban J connectivity index is 1.88. The van der Waals surface area contributed by atoms with Crippen molar-refractivity contribution in [3.05, 3.63) is 0 Å². The van der Waals surface area contributed by atoms with Crippen molar-refractivity contribution in [1.29, 1.82) is 0 Å². The minimum atomic E-state index is 0.177. The summed E-state index contributed by atoms with van der Waals surface area (Å²) in [4.78, 5) is 0. The average molecular weight is 239 g/mol. The summed E-state index contributed by atoms with van der Waals surface area (Å²) in [5, 5.41) is 3.52. The lowest BCUT2D eigenvalue weighted by Crippen LogP contribution is -2.47. The average Bonchev–Trinajstić information content (AvgIpc) is 2.39. The van der Waals surface area contributed by atoms with E-state index < -0.39 is 0 Å². The number of likely N-dealkylation sites (N-methyl/N-ethyl adjacent to an activating group) is 1. The minimum absolute atomic E-state index is 0.177. The molecule has 0 aromatic rings. The number of nitrogens with one attached hydrogen (secondary N) is 1. The van der Waals surface area contributed by atoms with Crippen molar-refractivity contribution in [2.75, 3.05) is 13.1 Å². The van der Waals surface area contributed by atoms with Gasteiger partial charge in [-0.3, -0.25) is 0 Å². The van der Waals surface area contributed by atoms with E-state index >= 15 is 0 Å². The van der Waals surface area contributed by atoms with E-state index in [1.165, 1.54) is 64.2 Å². The van der Waals surface area contributed by atoms with Crippen molar-refractivity contribution < 1.29 is 4.74 Å². The Morgan fingerprint density at radius 3 is 2.29 bits per heavy atom.